The lowest BCUT2D eigenvalue weighted by Crippen LogP contribution is -2.41. The second-order valence-electron chi connectivity index (χ2n) is 7.80. The summed E-state index contributed by atoms with van der Waals surface area (Å²) in [5.74, 6) is -1.73. The van der Waals surface area contributed by atoms with Crippen LogP contribution in [0.3, 0.4) is 0 Å². The van der Waals surface area contributed by atoms with E-state index in [4.69, 9.17) is 4.74 Å². The van der Waals surface area contributed by atoms with Gasteiger partial charge in [0.25, 0.3) is 0 Å². The summed E-state index contributed by atoms with van der Waals surface area (Å²) in [6.45, 7) is 0.206. The zero-order chi connectivity index (χ0) is 20.7. The molecule has 0 aromatic heterocycles. The molecule has 0 radical (unpaired) electrons. The smallest absolute Gasteiger partial charge is 0.407 e. The van der Waals surface area contributed by atoms with Crippen molar-refractivity contribution in [1.82, 2.24) is 5.32 Å². The Balaban J connectivity index is 1.30. The van der Waals surface area contributed by atoms with E-state index in [0.717, 1.165) is 22.3 Å². The molecular weight excluding hydrogens is 378 g/mol. The number of carbonyl (C=O) groups excluding carboxylic acids is 1. The molecule has 150 valence electrons. The van der Waals surface area contributed by atoms with Gasteiger partial charge in [0.2, 0.25) is 0 Å². The molecule has 0 bridgehead atoms. The molecular formula is C25H21NO4. The molecule has 5 rings (SSSR count). The van der Waals surface area contributed by atoms with Crippen LogP contribution in [0.15, 0.2) is 72.8 Å². The van der Waals surface area contributed by atoms with Crippen molar-refractivity contribution in [2.75, 3.05) is 6.61 Å². The summed E-state index contributed by atoms with van der Waals surface area (Å²) >= 11 is 0. The van der Waals surface area contributed by atoms with E-state index in [1.807, 2.05) is 48.5 Å². The number of rotatable bonds is 4. The van der Waals surface area contributed by atoms with E-state index in [1.165, 1.54) is 11.1 Å². The van der Waals surface area contributed by atoms with Crippen molar-refractivity contribution in [3.05, 3.63) is 95.1 Å². The first-order chi connectivity index (χ1) is 14.6. The van der Waals surface area contributed by atoms with E-state index in [9.17, 15) is 14.7 Å². The second-order valence-corrected chi connectivity index (χ2v) is 7.80. The molecule has 2 aliphatic rings. The van der Waals surface area contributed by atoms with Gasteiger partial charge in [0.1, 0.15) is 12.5 Å². The molecule has 2 unspecified atom stereocenters. The van der Waals surface area contributed by atoms with Crippen molar-refractivity contribution in [2.45, 2.75) is 24.3 Å². The van der Waals surface area contributed by atoms with Crippen molar-refractivity contribution in [3.8, 4) is 11.1 Å². The van der Waals surface area contributed by atoms with Gasteiger partial charge in [-0.15, -0.1) is 0 Å². The standard InChI is InChI=1S/C25H21NO4/c27-24(28)23-16-8-2-1-7-15(16)13-22(23)26-25(29)30-14-21-19-11-5-3-9-17(19)18-10-4-6-12-20(18)21/h1-12,21-23H,13-14H2,(H,26,29)(H,27,28). The number of carboxylic acids is 1. The number of nitrogens with one attached hydrogen (secondary N) is 1. The van der Waals surface area contributed by atoms with Crippen molar-refractivity contribution < 1.29 is 19.4 Å². The molecule has 2 N–H and O–H groups in total. The number of ether oxygens (including phenoxy) is 1. The largest absolute Gasteiger partial charge is 0.481 e. The minimum atomic E-state index is -0.941. The monoisotopic (exact) mass is 399 g/mol. The van der Waals surface area contributed by atoms with Gasteiger partial charge < -0.3 is 15.2 Å². The fourth-order valence-electron chi connectivity index (χ4n) is 4.83. The number of hydrogen-bond donors (Lipinski definition) is 2. The SMILES string of the molecule is O=C(NC1Cc2ccccc2C1C(=O)O)OCC1c2ccccc2-c2ccccc21. The first-order valence-electron chi connectivity index (χ1n) is 10.1. The number of hydrogen-bond acceptors (Lipinski definition) is 3. The Hall–Kier alpha value is -3.60. The number of aliphatic carboxylic acids is 1. The summed E-state index contributed by atoms with van der Waals surface area (Å²) in [7, 11) is 0. The van der Waals surface area contributed by atoms with Gasteiger partial charge in [0.15, 0.2) is 0 Å². The molecule has 0 fully saturated rings. The maximum atomic E-state index is 12.6. The lowest BCUT2D eigenvalue weighted by Gasteiger charge is -2.19. The molecule has 0 heterocycles. The normalized spacial score (nSPS) is 18.9. The average molecular weight is 399 g/mol. The van der Waals surface area contributed by atoms with Crippen molar-refractivity contribution in [1.29, 1.82) is 0 Å². The highest BCUT2D eigenvalue weighted by atomic mass is 16.5. The molecule has 2 atom stereocenters. The molecule has 0 spiro atoms. The molecule has 1 amide bonds. The molecule has 5 heteroatoms. The third kappa shape index (κ3) is 3.03. The lowest BCUT2D eigenvalue weighted by atomic mass is 9.98. The Labute approximate surface area is 174 Å². The quantitative estimate of drug-likeness (QED) is 0.685. The molecule has 5 nitrogen and oxygen atoms in total. The third-order valence-corrected chi connectivity index (χ3v) is 6.15. The van der Waals surface area contributed by atoms with Crippen LogP contribution in [0.2, 0.25) is 0 Å². The number of carboxylic acid groups (broad SMARTS) is 1. The highest BCUT2D eigenvalue weighted by Gasteiger charge is 2.39. The zero-order valence-corrected chi connectivity index (χ0v) is 16.2. The summed E-state index contributed by atoms with van der Waals surface area (Å²) in [5, 5.41) is 12.5. The maximum Gasteiger partial charge on any atom is 0.407 e. The summed E-state index contributed by atoms with van der Waals surface area (Å²) in [4.78, 5) is 24.4. The minimum absolute atomic E-state index is 0.0285. The number of benzene rings is 3. The first kappa shape index (κ1) is 18.4. The van der Waals surface area contributed by atoms with Crippen molar-refractivity contribution >= 4 is 12.1 Å². The fraction of sp³-hybridized carbons (Fsp3) is 0.200. The van der Waals surface area contributed by atoms with Gasteiger partial charge in [0, 0.05) is 5.92 Å². The van der Waals surface area contributed by atoms with Crippen LogP contribution in [0.5, 0.6) is 0 Å². The summed E-state index contributed by atoms with van der Waals surface area (Å²) in [5.41, 5.74) is 6.33. The lowest BCUT2D eigenvalue weighted by molar-refractivity contribution is -0.139. The maximum absolute atomic E-state index is 12.6. The van der Waals surface area contributed by atoms with Gasteiger partial charge in [-0.2, -0.15) is 0 Å². The average Bonchev–Trinajstić information content (AvgIpc) is 3.27. The molecule has 3 aromatic carbocycles. The molecule has 0 saturated heterocycles. The zero-order valence-electron chi connectivity index (χ0n) is 16.2. The summed E-state index contributed by atoms with van der Waals surface area (Å²) < 4.78 is 5.59. The highest BCUT2D eigenvalue weighted by molar-refractivity contribution is 5.81. The topological polar surface area (TPSA) is 75.6 Å². The van der Waals surface area contributed by atoms with Crippen LogP contribution in [0, 0.1) is 0 Å². The van der Waals surface area contributed by atoms with Gasteiger partial charge in [-0.3, -0.25) is 4.79 Å². The fourth-order valence-corrected chi connectivity index (χ4v) is 4.83. The van der Waals surface area contributed by atoms with Crippen LogP contribution in [0.1, 0.15) is 34.1 Å². The highest BCUT2D eigenvalue weighted by Crippen LogP contribution is 2.44. The van der Waals surface area contributed by atoms with E-state index >= 15 is 0 Å². The van der Waals surface area contributed by atoms with Crippen LogP contribution >= 0.6 is 0 Å². The van der Waals surface area contributed by atoms with E-state index < -0.39 is 24.0 Å². The van der Waals surface area contributed by atoms with Gasteiger partial charge in [-0.25, -0.2) is 4.79 Å². The first-order valence-corrected chi connectivity index (χ1v) is 10.1. The van der Waals surface area contributed by atoms with Gasteiger partial charge >= 0.3 is 12.1 Å². The van der Waals surface area contributed by atoms with Gasteiger partial charge in [-0.05, 0) is 39.8 Å². The number of alkyl carbamates (subject to hydrolysis) is 1. The number of amides is 1. The minimum Gasteiger partial charge on any atom is -0.481 e. The molecule has 3 aromatic rings. The van der Waals surface area contributed by atoms with Crippen LogP contribution < -0.4 is 5.32 Å². The summed E-state index contributed by atoms with van der Waals surface area (Å²) in [6.07, 6.45) is -0.0990. The van der Waals surface area contributed by atoms with Crippen molar-refractivity contribution in [2.24, 2.45) is 0 Å². The molecule has 2 aliphatic carbocycles. The molecule has 0 saturated carbocycles. The van der Waals surface area contributed by atoms with E-state index in [0.29, 0.717) is 6.42 Å². The van der Waals surface area contributed by atoms with Crippen molar-refractivity contribution in [3.63, 3.8) is 0 Å². The van der Waals surface area contributed by atoms with Crippen LogP contribution in [0.4, 0.5) is 4.79 Å². The predicted octanol–water partition coefficient (Wildman–Crippen LogP) is 4.32. The van der Waals surface area contributed by atoms with Crippen LogP contribution in [0.25, 0.3) is 11.1 Å². The van der Waals surface area contributed by atoms with Crippen LogP contribution in [-0.2, 0) is 16.0 Å². The summed E-state index contributed by atoms with van der Waals surface area (Å²) in [6, 6.07) is 23.2. The Bertz CT molecular complexity index is 1090. The van der Waals surface area contributed by atoms with Gasteiger partial charge in [-0.1, -0.05) is 72.8 Å². The molecule has 0 aliphatic heterocycles. The third-order valence-electron chi connectivity index (χ3n) is 6.15. The number of fused-ring (bicyclic) bond motifs is 4. The van der Waals surface area contributed by atoms with E-state index in [1.54, 1.807) is 0 Å². The Kier molecular flexibility index (Phi) is 4.51. The van der Waals surface area contributed by atoms with Gasteiger partial charge in [0.05, 0.1) is 6.04 Å². The molecule has 30 heavy (non-hydrogen) atoms. The predicted molar refractivity (Wildman–Crippen MR) is 113 cm³/mol. The van der Waals surface area contributed by atoms with Crippen LogP contribution in [-0.4, -0.2) is 29.8 Å². The second kappa shape index (κ2) is 7.34. The number of carbonyl (C=O) groups is 2. The Morgan fingerprint density at radius 3 is 2.07 bits per heavy atom. The Morgan fingerprint density at radius 1 is 0.867 bits per heavy atom. The van der Waals surface area contributed by atoms with E-state index in [2.05, 4.69) is 29.6 Å². The van der Waals surface area contributed by atoms with E-state index in [-0.39, 0.29) is 12.5 Å². The Morgan fingerprint density at radius 2 is 1.43 bits per heavy atom.